The van der Waals surface area contributed by atoms with E-state index in [-0.39, 0.29) is 11.8 Å². The van der Waals surface area contributed by atoms with Crippen LogP contribution in [-0.4, -0.2) is 29.0 Å². The molecule has 160 valence electrons. The summed E-state index contributed by atoms with van der Waals surface area (Å²) in [7, 11) is 1.38. The van der Waals surface area contributed by atoms with Crippen molar-refractivity contribution in [2.45, 2.75) is 44.7 Å². The lowest BCUT2D eigenvalue weighted by molar-refractivity contribution is 0.175. The van der Waals surface area contributed by atoms with Gasteiger partial charge in [-0.15, -0.1) is 0 Å². The first kappa shape index (κ1) is 19.6. The Kier molecular flexibility index (Phi) is 4.88. The van der Waals surface area contributed by atoms with Gasteiger partial charge in [-0.3, -0.25) is 9.58 Å². The fraction of sp³-hybridized carbons (Fsp3) is 0.333. The Balaban J connectivity index is 1.66. The van der Waals surface area contributed by atoms with Crippen LogP contribution in [0.2, 0.25) is 0 Å². The second kappa shape index (κ2) is 7.72. The minimum Gasteiger partial charge on any atom is -0.453 e. The summed E-state index contributed by atoms with van der Waals surface area (Å²) in [6, 6.07) is 10.6. The lowest BCUT2D eigenvalue weighted by Crippen LogP contribution is -2.42. The molecule has 2 heterocycles. The Hall–Kier alpha value is -3.35. The third-order valence-corrected chi connectivity index (χ3v) is 6.00. The van der Waals surface area contributed by atoms with Crippen molar-refractivity contribution in [1.29, 1.82) is 0 Å². The van der Waals surface area contributed by atoms with Crippen LogP contribution in [0.3, 0.4) is 0 Å². The molecule has 0 N–H and O–H groups in total. The molecule has 6 nitrogen and oxygen atoms in total. The minimum absolute atomic E-state index is 0.00951. The second-order valence-electron chi connectivity index (χ2n) is 8.14. The van der Waals surface area contributed by atoms with Crippen LogP contribution in [0.5, 0.6) is 11.5 Å². The van der Waals surface area contributed by atoms with E-state index < -0.39 is 11.9 Å². The third-order valence-electron chi connectivity index (χ3n) is 6.00. The van der Waals surface area contributed by atoms with E-state index in [9.17, 15) is 9.18 Å². The highest BCUT2D eigenvalue weighted by molar-refractivity contribution is 5.92. The van der Waals surface area contributed by atoms with Crippen molar-refractivity contribution in [3.05, 3.63) is 60.2 Å². The summed E-state index contributed by atoms with van der Waals surface area (Å²) in [6.45, 7) is 1.99. The number of hydrogen-bond donors (Lipinski definition) is 0. The highest BCUT2D eigenvalue weighted by atomic mass is 19.1. The zero-order valence-electron chi connectivity index (χ0n) is 17.5. The van der Waals surface area contributed by atoms with Gasteiger partial charge in [0.15, 0.2) is 11.6 Å². The fourth-order valence-electron chi connectivity index (χ4n) is 4.18. The number of ether oxygens (including phenoxy) is 2. The molecule has 1 unspecified atom stereocenters. The number of rotatable bonds is 4. The van der Waals surface area contributed by atoms with E-state index in [1.54, 1.807) is 23.1 Å². The number of amides is 1. The van der Waals surface area contributed by atoms with Crippen molar-refractivity contribution in [1.82, 2.24) is 9.78 Å². The Labute approximate surface area is 180 Å². The molecule has 0 radical (unpaired) electrons. The minimum atomic E-state index is -0.436. The first-order valence-corrected chi connectivity index (χ1v) is 10.6. The molecule has 0 bridgehead atoms. The number of methoxy groups -OCH3 is 1. The van der Waals surface area contributed by atoms with Gasteiger partial charge in [0.2, 0.25) is 0 Å². The van der Waals surface area contributed by atoms with E-state index in [0.717, 1.165) is 41.6 Å². The van der Waals surface area contributed by atoms with Gasteiger partial charge in [-0.25, -0.2) is 9.18 Å². The van der Waals surface area contributed by atoms with Crippen molar-refractivity contribution in [2.24, 2.45) is 0 Å². The van der Waals surface area contributed by atoms with Crippen LogP contribution in [0, 0.1) is 5.82 Å². The number of nitrogens with zero attached hydrogens (tertiary/aromatic N) is 3. The molecule has 7 heteroatoms. The van der Waals surface area contributed by atoms with Crippen molar-refractivity contribution >= 4 is 11.8 Å². The van der Waals surface area contributed by atoms with E-state index >= 15 is 0 Å². The van der Waals surface area contributed by atoms with Gasteiger partial charge < -0.3 is 9.47 Å². The average Bonchev–Trinajstić information content (AvgIpc) is 3.52. The molecule has 1 aliphatic carbocycles. The summed E-state index contributed by atoms with van der Waals surface area (Å²) in [5.41, 5.74) is 3.33. The first-order chi connectivity index (χ1) is 15.1. The van der Waals surface area contributed by atoms with Crippen molar-refractivity contribution in [3.8, 4) is 22.6 Å². The number of para-hydroxylation sites is 1. The van der Waals surface area contributed by atoms with Crippen LogP contribution >= 0.6 is 0 Å². The van der Waals surface area contributed by atoms with Gasteiger partial charge in [0.25, 0.3) is 0 Å². The van der Waals surface area contributed by atoms with E-state index in [1.165, 1.54) is 13.2 Å². The van der Waals surface area contributed by atoms with Gasteiger partial charge in [-0.1, -0.05) is 12.1 Å². The number of halogens is 1. The zero-order chi connectivity index (χ0) is 21.5. The standard InChI is InChI=1S/C24H24FN3O3/c1-15-7-10-19-21(28(15)24(29)30-2)12-11-18(16-13-26-27(14-16)17-8-9-17)23(19)31-22-6-4-3-5-20(22)25/h3-6,11-15,17H,7-10H2,1-2H3. The van der Waals surface area contributed by atoms with Gasteiger partial charge in [0.1, 0.15) is 5.75 Å². The van der Waals surface area contributed by atoms with Gasteiger partial charge in [0.05, 0.1) is 25.0 Å². The smallest absolute Gasteiger partial charge is 0.414 e. The van der Waals surface area contributed by atoms with Crippen LogP contribution in [0.4, 0.5) is 14.9 Å². The Bertz CT molecular complexity index is 1140. The molecule has 5 rings (SSSR count). The van der Waals surface area contributed by atoms with Gasteiger partial charge in [0, 0.05) is 28.9 Å². The predicted molar refractivity (Wildman–Crippen MR) is 115 cm³/mol. The highest BCUT2D eigenvalue weighted by Gasteiger charge is 2.33. The average molecular weight is 421 g/mol. The van der Waals surface area contributed by atoms with E-state index in [1.807, 2.05) is 36.1 Å². The maximum Gasteiger partial charge on any atom is 0.414 e. The van der Waals surface area contributed by atoms with Crippen molar-refractivity contribution < 1.29 is 18.7 Å². The number of benzene rings is 2. The lowest BCUT2D eigenvalue weighted by Gasteiger charge is -2.35. The zero-order valence-corrected chi connectivity index (χ0v) is 17.5. The lowest BCUT2D eigenvalue weighted by atomic mass is 9.92. The summed E-state index contributed by atoms with van der Waals surface area (Å²) >= 11 is 0. The molecular formula is C24H24FN3O3. The number of anilines is 1. The van der Waals surface area contributed by atoms with Crippen LogP contribution in [-0.2, 0) is 11.2 Å². The normalized spacial score (nSPS) is 17.9. The highest BCUT2D eigenvalue weighted by Crippen LogP contribution is 2.45. The molecule has 2 aromatic carbocycles. The van der Waals surface area contributed by atoms with Crippen LogP contribution in [0.1, 0.15) is 37.8 Å². The predicted octanol–water partition coefficient (Wildman–Crippen LogP) is 5.72. The molecule has 2 aliphatic rings. The quantitative estimate of drug-likeness (QED) is 0.540. The maximum atomic E-state index is 14.5. The SMILES string of the molecule is COC(=O)N1c2ccc(-c3cnn(C4CC4)c3)c(Oc3ccccc3F)c2CCC1C. The molecule has 1 aliphatic heterocycles. The van der Waals surface area contributed by atoms with E-state index in [4.69, 9.17) is 9.47 Å². The van der Waals surface area contributed by atoms with E-state index in [0.29, 0.717) is 18.2 Å². The number of fused-ring (bicyclic) bond motifs is 1. The Morgan fingerprint density at radius 1 is 1.16 bits per heavy atom. The molecule has 31 heavy (non-hydrogen) atoms. The topological polar surface area (TPSA) is 56.6 Å². The van der Waals surface area contributed by atoms with Gasteiger partial charge in [-0.2, -0.15) is 5.10 Å². The molecular weight excluding hydrogens is 397 g/mol. The summed E-state index contributed by atoms with van der Waals surface area (Å²) in [5.74, 6) is 0.266. The summed E-state index contributed by atoms with van der Waals surface area (Å²) < 4.78 is 27.6. The summed E-state index contributed by atoms with van der Waals surface area (Å²) in [6.07, 6.45) is 7.14. The van der Waals surface area contributed by atoms with Crippen LogP contribution in [0.15, 0.2) is 48.8 Å². The molecule has 1 saturated carbocycles. The number of hydrogen-bond acceptors (Lipinski definition) is 4. The van der Waals surface area contributed by atoms with E-state index in [2.05, 4.69) is 5.10 Å². The summed E-state index contributed by atoms with van der Waals surface area (Å²) in [5, 5.41) is 4.50. The first-order valence-electron chi connectivity index (χ1n) is 10.6. The molecule has 1 atom stereocenters. The second-order valence-corrected chi connectivity index (χ2v) is 8.14. The third kappa shape index (κ3) is 3.54. The van der Waals surface area contributed by atoms with Crippen LogP contribution in [0.25, 0.3) is 11.1 Å². The largest absolute Gasteiger partial charge is 0.453 e. The molecule has 1 amide bonds. The van der Waals surface area contributed by atoms with Crippen molar-refractivity contribution in [3.63, 3.8) is 0 Å². The van der Waals surface area contributed by atoms with Gasteiger partial charge in [-0.05, 0) is 56.9 Å². The Morgan fingerprint density at radius 2 is 1.97 bits per heavy atom. The molecule has 0 saturated heterocycles. The van der Waals surface area contributed by atoms with Gasteiger partial charge >= 0.3 is 6.09 Å². The molecule has 3 aromatic rings. The maximum absolute atomic E-state index is 14.5. The number of carbonyl (C=O) groups excluding carboxylic acids is 1. The monoisotopic (exact) mass is 421 g/mol. The summed E-state index contributed by atoms with van der Waals surface area (Å²) in [4.78, 5) is 14.1. The Morgan fingerprint density at radius 3 is 2.71 bits per heavy atom. The molecule has 1 aromatic heterocycles. The number of aromatic nitrogens is 2. The molecule has 0 spiro atoms. The van der Waals surface area contributed by atoms with Crippen LogP contribution < -0.4 is 9.64 Å². The molecule has 1 fully saturated rings. The number of carbonyl (C=O) groups is 1. The fourth-order valence-corrected chi connectivity index (χ4v) is 4.18. The van der Waals surface area contributed by atoms with Crippen molar-refractivity contribution in [2.75, 3.05) is 12.0 Å².